The smallest absolute Gasteiger partial charge is 0.252 e. The van der Waals surface area contributed by atoms with E-state index in [1.165, 1.54) is 28.6 Å². The van der Waals surface area contributed by atoms with Crippen molar-refractivity contribution < 1.29 is 17.9 Å². The molecule has 0 aliphatic carbocycles. The summed E-state index contributed by atoms with van der Waals surface area (Å²) < 4.78 is 33.3. The van der Waals surface area contributed by atoms with Crippen LogP contribution in [0.15, 0.2) is 58.2 Å². The lowest BCUT2D eigenvalue weighted by Gasteiger charge is -2.32. The van der Waals surface area contributed by atoms with Gasteiger partial charge in [0.05, 0.1) is 17.6 Å². The van der Waals surface area contributed by atoms with Crippen molar-refractivity contribution in [3.8, 4) is 5.75 Å². The Balaban J connectivity index is 1.67. The fourth-order valence-electron chi connectivity index (χ4n) is 4.21. The highest BCUT2D eigenvalue weighted by molar-refractivity contribution is 7.89. The normalized spacial score (nSPS) is 17.1. The first-order valence-corrected chi connectivity index (χ1v) is 12.3. The molecule has 2 N–H and O–H groups in total. The third kappa shape index (κ3) is 4.79. The van der Waals surface area contributed by atoms with Gasteiger partial charge in [-0.15, -0.1) is 0 Å². The molecule has 1 amide bonds. The number of hydrogen-bond donors (Lipinski definition) is 2. The van der Waals surface area contributed by atoms with Crippen molar-refractivity contribution in [2.45, 2.75) is 43.7 Å². The Labute approximate surface area is 192 Å². The highest BCUT2D eigenvalue weighted by Gasteiger charge is 2.31. The Bertz CT molecular complexity index is 1350. The largest absolute Gasteiger partial charge is 0.497 e. The number of carbonyl (C=O) groups excluding carboxylic acids is 1. The number of H-pyrrole nitrogens is 1. The average molecular weight is 470 g/mol. The van der Waals surface area contributed by atoms with Crippen LogP contribution < -0.4 is 15.6 Å². The predicted octanol–water partition coefficient (Wildman–Crippen LogP) is 3.03. The highest BCUT2D eigenvalue weighted by atomic mass is 32.2. The van der Waals surface area contributed by atoms with Gasteiger partial charge in [-0.1, -0.05) is 18.6 Å². The summed E-state index contributed by atoms with van der Waals surface area (Å²) in [5, 5.41) is 3.19. The van der Waals surface area contributed by atoms with Crippen LogP contribution in [0.2, 0.25) is 0 Å². The minimum absolute atomic E-state index is 0.0827. The van der Waals surface area contributed by atoms with Crippen molar-refractivity contribution in [1.29, 1.82) is 0 Å². The van der Waals surface area contributed by atoms with E-state index in [1.807, 2.05) is 19.1 Å². The number of benzene rings is 2. The Morgan fingerprint density at radius 2 is 2.00 bits per heavy atom. The molecule has 1 aliphatic heterocycles. The van der Waals surface area contributed by atoms with Crippen molar-refractivity contribution in [3.05, 3.63) is 70.0 Å². The Morgan fingerprint density at radius 3 is 2.76 bits per heavy atom. The molecular formula is C24H27N3O5S. The van der Waals surface area contributed by atoms with E-state index in [0.29, 0.717) is 23.2 Å². The van der Waals surface area contributed by atoms with Crippen molar-refractivity contribution in [2.24, 2.45) is 0 Å². The summed E-state index contributed by atoms with van der Waals surface area (Å²) >= 11 is 0. The maximum absolute atomic E-state index is 13.3. The molecule has 1 atom stereocenters. The van der Waals surface area contributed by atoms with Gasteiger partial charge >= 0.3 is 0 Å². The molecule has 4 rings (SSSR count). The van der Waals surface area contributed by atoms with Crippen LogP contribution in [0.3, 0.4) is 0 Å². The Kier molecular flexibility index (Phi) is 6.53. The molecule has 1 fully saturated rings. The Morgan fingerprint density at radius 1 is 1.18 bits per heavy atom. The molecule has 1 aliphatic rings. The standard InChI is InChI=1S/C24H27N3O5S/c1-16-6-3-4-11-27(16)33(30,31)19-9-10-22-20(13-19)21(14-23(28)26-22)24(29)25-15-17-7-5-8-18(12-17)32-2/h5,7-10,12-14,16H,3-4,6,11,15H2,1-2H3,(H,25,29)(H,26,28). The van der Waals surface area contributed by atoms with Gasteiger partial charge in [0.25, 0.3) is 5.91 Å². The number of ether oxygens (including phenoxy) is 1. The highest BCUT2D eigenvalue weighted by Crippen LogP contribution is 2.27. The van der Waals surface area contributed by atoms with Crippen molar-refractivity contribution in [3.63, 3.8) is 0 Å². The molecule has 0 radical (unpaired) electrons. The first kappa shape index (κ1) is 23.0. The number of methoxy groups -OCH3 is 1. The predicted molar refractivity (Wildman–Crippen MR) is 126 cm³/mol. The van der Waals surface area contributed by atoms with Crippen LogP contribution in [-0.4, -0.2) is 43.3 Å². The van der Waals surface area contributed by atoms with Crippen LogP contribution >= 0.6 is 0 Å². The molecule has 174 valence electrons. The molecule has 2 heterocycles. The number of aromatic nitrogens is 1. The van der Waals surface area contributed by atoms with Gasteiger partial charge in [0, 0.05) is 36.1 Å². The van der Waals surface area contributed by atoms with Crippen molar-refractivity contribution in [1.82, 2.24) is 14.6 Å². The SMILES string of the molecule is COc1cccc(CNC(=O)c2cc(=O)[nH]c3ccc(S(=O)(=O)N4CCCCC4C)cc23)c1. The van der Waals surface area contributed by atoms with Crippen molar-refractivity contribution in [2.75, 3.05) is 13.7 Å². The van der Waals surface area contributed by atoms with E-state index in [1.54, 1.807) is 19.2 Å². The van der Waals surface area contributed by atoms with Gasteiger partial charge < -0.3 is 15.0 Å². The number of carbonyl (C=O) groups is 1. The minimum atomic E-state index is -3.72. The van der Waals surface area contributed by atoms with E-state index in [0.717, 1.165) is 24.8 Å². The second kappa shape index (κ2) is 9.36. The number of hydrogen-bond acceptors (Lipinski definition) is 5. The van der Waals surface area contributed by atoms with Gasteiger partial charge in [-0.25, -0.2) is 8.42 Å². The van der Waals surface area contributed by atoms with Crippen LogP contribution in [0.25, 0.3) is 10.9 Å². The number of sulfonamides is 1. The Hall–Kier alpha value is -3.17. The van der Waals surface area contributed by atoms with Crippen molar-refractivity contribution >= 4 is 26.8 Å². The van der Waals surface area contributed by atoms with E-state index in [2.05, 4.69) is 10.3 Å². The second-order valence-corrected chi connectivity index (χ2v) is 10.1. The minimum Gasteiger partial charge on any atom is -0.497 e. The molecule has 1 saturated heterocycles. The first-order valence-electron chi connectivity index (χ1n) is 10.9. The van der Waals surface area contributed by atoms with E-state index in [-0.39, 0.29) is 23.0 Å². The van der Waals surface area contributed by atoms with E-state index < -0.39 is 21.5 Å². The van der Waals surface area contributed by atoms with Gasteiger partial charge in [0.15, 0.2) is 0 Å². The number of rotatable bonds is 6. The summed E-state index contributed by atoms with van der Waals surface area (Å²) in [5.41, 5.74) is 0.925. The fraction of sp³-hybridized carbons (Fsp3) is 0.333. The van der Waals surface area contributed by atoms with Crippen LogP contribution in [0.1, 0.15) is 42.1 Å². The van der Waals surface area contributed by atoms with Gasteiger partial charge in [-0.3, -0.25) is 9.59 Å². The van der Waals surface area contributed by atoms with Gasteiger partial charge in [0.1, 0.15) is 5.75 Å². The third-order valence-corrected chi connectivity index (χ3v) is 8.00. The zero-order valence-corrected chi connectivity index (χ0v) is 19.4. The van der Waals surface area contributed by atoms with Crippen LogP contribution in [0, 0.1) is 0 Å². The summed E-state index contributed by atoms with van der Waals surface area (Å²) in [5.74, 6) is 0.208. The van der Waals surface area contributed by atoms with E-state index >= 15 is 0 Å². The molecule has 9 heteroatoms. The quantitative estimate of drug-likeness (QED) is 0.577. The lowest BCUT2D eigenvalue weighted by Crippen LogP contribution is -2.41. The lowest BCUT2D eigenvalue weighted by atomic mass is 10.1. The summed E-state index contributed by atoms with van der Waals surface area (Å²) in [6, 6.07) is 12.9. The molecule has 3 aromatic rings. The van der Waals surface area contributed by atoms with Gasteiger partial charge in [-0.2, -0.15) is 4.31 Å². The maximum Gasteiger partial charge on any atom is 0.252 e. The number of nitrogens with zero attached hydrogens (tertiary/aromatic N) is 1. The summed E-state index contributed by atoms with van der Waals surface area (Å²) in [6.07, 6.45) is 2.64. The first-order chi connectivity index (χ1) is 15.8. The topological polar surface area (TPSA) is 109 Å². The summed E-state index contributed by atoms with van der Waals surface area (Å²) in [7, 11) is -2.16. The maximum atomic E-state index is 13.3. The van der Waals surface area contributed by atoms with E-state index in [4.69, 9.17) is 4.74 Å². The lowest BCUT2D eigenvalue weighted by molar-refractivity contribution is 0.0952. The average Bonchev–Trinajstić information content (AvgIpc) is 2.82. The zero-order chi connectivity index (χ0) is 23.6. The van der Waals surface area contributed by atoms with Gasteiger partial charge in [-0.05, 0) is 55.7 Å². The van der Waals surface area contributed by atoms with Crippen LogP contribution in [-0.2, 0) is 16.6 Å². The van der Waals surface area contributed by atoms with Crippen LogP contribution in [0.4, 0.5) is 0 Å². The van der Waals surface area contributed by atoms with E-state index in [9.17, 15) is 18.0 Å². The summed E-state index contributed by atoms with van der Waals surface area (Å²) in [4.78, 5) is 27.9. The third-order valence-electron chi connectivity index (χ3n) is 5.99. The zero-order valence-electron chi connectivity index (χ0n) is 18.6. The molecule has 1 unspecified atom stereocenters. The summed E-state index contributed by atoms with van der Waals surface area (Å²) in [6.45, 7) is 2.61. The fourth-order valence-corrected chi connectivity index (χ4v) is 5.93. The van der Waals surface area contributed by atoms with Crippen LogP contribution in [0.5, 0.6) is 5.75 Å². The number of nitrogens with one attached hydrogen (secondary N) is 2. The molecule has 1 aromatic heterocycles. The number of piperidine rings is 1. The molecule has 0 spiro atoms. The molecule has 2 aromatic carbocycles. The number of pyridine rings is 1. The number of aromatic amines is 1. The molecule has 8 nitrogen and oxygen atoms in total. The number of amides is 1. The molecule has 0 saturated carbocycles. The second-order valence-electron chi connectivity index (χ2n) is 8.25. The molecular weight excluding hydrogens is 442 g/mol. The molecule has 0 bridgehead atoms. The van der Waals surface area contributed by atoms with Gasteiger partial charge in [0.2, 0.25) is 15.6 Å². The number of fused-ring (bicyclic) bond motifs is 1. The molecule has 33 heavy (non-hydrogen) atoms. The monoisotopic (exact) mass is 469 g/mol.